The lowest BCUT2D eigenvalue weighted by Crippen LogP contribution is -2.18. The third-order valence-corrected chi connectivity index (χ3v) is 5.76. The Balaban J connectivity index is 1.39. The number of nitrogens with one attached hydrogen (secondary N) is 2. The highest BCUT2D eigenvalue weighted by Gasteiger charge is 2.20. The van der Waals surface area contributed by atoms with Gasteiger partial charge in [-0.2, -0.15) is 0 Å². The molecule has 0 aliphatic heterocycles. The van der Waals surface area contributed by atoms with Crippen molar-refractivity contribution in [2.45, 2.75) is 32.1 Å². The molecule has 0 radical (unpaired) electrons. The van der Waals surface area contributed by atoms with Gasteiger partial charge in [-0.3, -0.25) is 9.78 Å². The van der Waals surface area contributed by atoms with Crippen molar-refractivity contribution < 1.29 is 9.53 Å². The van der Waals surface area contributed by atoms with Gasteiger partial charge in [0.1, 0.15) is 5.75 Å². The fourth-order valence-electron chi connectivity index (χ4n) is 4.03. The first-order chi connectivity index (χ1) is 15.7. The van der Waals surface area contributed by atoms with Crippen LogP contribution in [-0.2, 0) is 11.2 Å². The van der Waals surface area contributed by atoms with E-state index in [0.717, 1.165) is 78.2 Å². The number of methoxy groups -OCH3 is 1. The zero-order valence-electron chi connectivity index (χ0n) is 18.4. The van der Waals surface area contributed by atoms with E-state index in [1.165, 1.54) is 0 Å². The van der Waals surface area contributed by atoms with Crippen LogP contribution in [-0.4, -0.2) is 24.5 Å². The molecule has 0 saturated heterocycles. The van der Waals surface area contributed by atoms with Crippen molar-refractivity contribution in [3.8, 4) is 5.75 Å². The highest BCUT2D eigenvalue weighted by molar-refractivity contribution is 6.09. The van der Waals surface area contributed by atoms with Crippen LogP contribution >= 0.6 is 0 Å². The van der Waals surface area contributed by atoms with Crippen LogP contribution in [0, 0.1) is 0 Å². The van der Waals surface area contributed by atoms with Gasteiger partial charge in [0.05, 0.1) is 7.11 Å². The average Bonchev–Trinajstić information content (AvgIpc) is 2.86. The summed E-state index contributed by atoms with van der Waals surface area (Å²) in [4.78, 5) is 17.4. The molecule has 0 atom stereocenters. The van der Waals surface area contributed by atoms with Crippen molar-refractivity contribution in [1.82, 2.24) is 4.98 Å². The molecule has 4 rings (SSSR count). The Labute approximate surface area is 189 Å². The Morgan fingerprint density at radius 3 is 2.41 bits per heavy atom. The third-order valence-electron chi connectivity index (χ3n) is 5.76. The van der Waals surface area contributed by atoms with Crippen molar-refractivity contribution in [2.75, 3.05) is 24.3 Å². The van der Waals surface area contributed by atoms with Crippen LogP contribution in [0.4, 0.5) is 11.4 Å². The molecule has 1 heterocycles. The number of rotatable bonds is 8. The minimum Gasteiger partial charge on any atom is -0.497 e. The number of hydrogen-bond acceptors (Lipinski definition) is 4. The van der Waals surface area contributed by atoms with Gasteiger partial charge in [0.25, 0.3) is 5.91 Å². The lowest BCUT2D eigenvalue weighted by molar-refractivity contribution is -0.113. The van der Waals surface area contributed by atoms with Gasteiger partial charge in [-0.05, 0) is 85.4 Å². The number of amides is 1. The molecule has 1 aromatic heterocycles. The van der Waals surface area contributed by atoms with Crippen LogP contribution < -0.4 is 15.4 Å². The number of allylic oxidation sites excluding steroid dienone is 1. The number of ether oxygens (including phenoxy) is 1. The SMILES string of the molecule is COc1ccc(C2=C(C(=O)Nc3ccc(NCCc4ccccn4)cc3)CCCC2)cc1. The predicted molar refractivity (Wildman–Crippen MR) is 130 cm³/mol. The second-order valence-electron chi connectivity index (χ2n) is 7.92. The Bertz CT molecular complexity index is 1060. The van der Waals surface area contributed by atoms with Gasteiger partial charge in [0, 0.05) is 41.8 Å². The summed E-state index contributed by atoms with van der Waals surface area (Å²) in [5.41, 5.74) is 6.02. The van der Waals surface area contributed by atoms with Crippen LogP contribution in [0.1, 0.15) is 36.9 Å². The summed E-state index contributed by atoms with van der Waals surface area (Å²) in [5, 5.41) is 6.49. The summed E-state index contributed by atoms with van der Waals surface area (Å²) in [6.07, 6.45) is 6.56. The fraction of sp³-hybridized carbons (Fsp3) is 0.259. The Kier molecular flexibility index (Phi) is 7.18. The largest absolute Gasteiger partial charge is 0.497 e. The predicted octanol–water partition coefficient (Wildman–Crippen LogP) is 5.71. The summed E-state index contributed by atoms with van der Waals surface area (Å²) < 4.78 is 5.26. The topological polar surface area (TPSA) is 63.2 Å². The number of benzene rings is 2. The van der Waals surface area contributed by atoms with E-state index in [2.05, 4.69) is 15.6 Å². The van der Waals surface area contributed by atoms with Crippen molar-refractivity contribution in [3.05, 3.63) is 89.8 Å². The third kappa shape index (κ3) is 5.55. The first kappa shape index (κ1) is 21.6. The molecule has 1 amide bonds. The van der Waals surface area contributed by atoms with E-state index in [9.17, 15) is 4.79 Å². The monoisotopic (exact) mass is 427 g/mol. The molecule has 1 aliphatic carbocycles. The quantitative estimate of drug-likeness (QED) is 0.483. The maximum Gasteiger partial charge on any atom is 0.251 e. The highest BCUT2D eigenvalue weighted by atomic mass is 16.5. The van der Waals surface area contributed by atoms with Crippen LogP contribution in [0.25, 0.3) is 5.57 Å². The second-order valence-corrected chi connectivity index (χ2v) is 7.92. The first-order valence-corrected chi connectivity index (χ1v) is 11.1. The van der Waals surface area contributed by atoms with Crippen molar-refractivity contribution in [1.29, 1.82) is 0 Å². The van der Waals surface area contributed by atoms with Gasteiger partial charge in [0.15, 0.2) is 0 Å². The van der Waals surface area contributed by atoms with E-state index in [1.807, 2.05) is 72.9 Å². The molecule has 5 heteroatoms. The van der Waals surface area contributed by atoms with Gasteiger partial charge < -0.3 is 15.4 Å². The van der Waals surface area contributed by atoms with Crippen LogP contribution in [0.3, 0.4) is 0 Å². The molecule has 2 aromatic carbocycles. The van der Waals surface area contributed by atoms with Gasteiger partial charge in [-0.25, -0.2) is 0 Å². The second kappa shape index (κ2) is 10.6. The molecular formula is C27H29N3O2. The summed E-state index contributed by atoms with van der Waals surface area (Å²) in [5.74, 6) is 0.816. The van der Waals surface area contributed by atoms with E-state index in [-0.39, 0.29) is 5.91 Å². The molecule has 164 valence electrons. The van der Waals surface area contributed by atoms with Crippen molar-refractivity contribution in [3.63, 3.8) is 0 Å². The van der Waals surface area contributed by atoms with Crippen LogP contribution in [0.2, 0.25) is 0 Å². The number of carbonyl (C=O) groups is 1. The van der Waals surface area contributed by atoms with E-state index in [4.69, 9.17) is 4.74 Å². The normalized spacial score (nSPS) is 13.5. The average molecular weight is 428 g/mol. The molecular weight excluding hydrogens is 398 g/mol. The lowest BCUT2D eigenvalue weighted by atomic mass is 9.87. The number of hydrogen-bond donors (Lipinski definition) is 2. The van der Waals surface area contributed by atoms with Gasteiger partial charge >= 0.3 is 0 Å². The minimum absolute atomic E-state index is 0.00798. The van der Waals surface area contributed by atoms with E-state index < -0.39 is 0 Å². The summed E-state index contributed by atoms with van der Waals surface area (Å²) in [6, 6.07) is 21.8. The van der Waals surface area contributed by atoms with Crippen molar-refractivity contribution in [2.24, 2.45) is 0 Å². The molecule has 0 fully saturated rings. The number of aromatic nitrogens is 1. The Hall–Kier alpha value is -3.60. The Morgan fingerprint density at radius 2 is 1.69 bits per heavy atom. The summed E-state index contributed by atoms with van der Waals surface area (Å²) in [7, 11) is 1.66. The zero-order valence-corrected chi connectivity index (χ0v) is 18.4. The summed E-state index contributed by atoms with van der Waals surface area (Å²) >= 11 is 0. The molecule has 5 nitrogen and oxygen atoms in total. The van der Waals surface area contributed by atoms with Crippen molar-refractivity contribution >= 4 is 22.9 Å². The van der Waals surface area contributed by atoms with Gasteiger partial charge in [-0.15, -0.1) is 0 Å². The highest BCUT2D eigenvalue weighted by Crippen LogP contribution is 2.33. The maximum absolute atomic E-state index is 13.1. The van der Waals surface area contributed by atoms with E-state index in [0.29, 0.717) is 0 Å². The molecule has 2 N–H and O–H groups in total. The molecule has 32 heavy (non-hydrogen) atoms. The molecule has 1 aliphatic rings. The molecule has 0 spiro atoms. The smallest absolute Gasteiger partial charge is 0.251 e. The van der Waals surface area contributed by atoms with E-state index in [1.54, 1.807) is 7.11 Å². The number of carbonyl (C=O) groups excluding carboxylic acids is 1. The van der Waals surface area contributed by atoms with Crippen LogP contribution in [0.5, 0.6) is 5.75 Å². The van der Waals surface area contributed by atoms with Gasteiger partial charge in [0.2, 0.25) is 0 Å². The molecule has 0 unspecified atom stereocenters. The van der Waals surface area contributed by atoms with Crippen LogP contribution in [0.15, 0.2) is 78.5 Å². The van der Waals surface area contributed by atoms with E-state index >= 15 is 0 Å². The fourth-order valence-corrected chi connectivity index (χ4v) is 4.03. The number of pyridine rings is 1. The zero-order chi connectivity index (χ0) is 22.2. The Morgan fingerprint density at radius 1 is 0.938 bits per heavy atom. The molecule has 0 saturated carbocycles. The molecule has 0 bridgehead atoms. The first-order valence-electron chi connectivity index (χ1n) is 11.1. The summed E-state index contributed by atoms with van der Waals surface area (Å²) in [6.45, 7) is 0.806. The minimum atomic E-state index is -0.00798. The number of nitrogens with zero attached hydrogens (tertiary/aromatic N) is 1. The standard InChI is InChI=1S/C27H29N3O2/c1-32-24-15-9-20(10-16-24)25-7-2-3-8-26(25)27(31)30-23-13-11-22(12-14-23)29-19-17-21-6-4-5-18-28-21/h4-6,9-16,18,29H,2-3,7-8,17,19H2,1H3,(H,30,31). The van der Waals surface area contributed by atoms with Gasteiger partial charge in [-0.1, -0.05) is 18.2 Å². The molecule has 3 aromatic rings. The number of anilines is 2. The maximum atomic E-state index is 13.1. The lowest BCUT2D eigenvalue weighted by Gasteiger charge is -2.20.